The molecule has 1 aliphatic heterocycles. The highest BCUT2D eigenvalue weighted by Gasteiger charge is 2.33. The second-order valence-electron chi connectivity index (χ2n) is 4.47. The zero-order valence-corrected chi connectivity index (χ0v) is 9.93. The number of nitro groups is 1. The van der Waals surface area contributed by atoms with E-state index in [1.807, 2.05) is 11.9 Å². The highest BCUT2D eigenvalue weighted by molar-refractivity contribution is 4.80. The molecule has 94 valence electrons. The number of ether oxygens (including phenoxy) is 1. The van der Waals surface area contributed by atoms with E-state index in [4.69, 9.17) is 4.74 Å². The van der Waals surface area contributed by atoms with Crippen molar-refractivity contribution in [3.8, 4) is 0 Å². The summed E-state index contributed by atoms with van der Waals surface area (Å²) in [6, 6.07) is -0.799. The van der Waals surface area contributed by atoms with E-state index >= 15 is 0 Å². The minimum absolute atomic E-state index is 0.338. The van der Waals surface area contributed by atoms with Gasteiger partial charge in [0.2, 0.25) is 6.04 Å². The van der Waals surface area contributed by atoms with Crippen LogP contribution in [0.25, 0.3) is 0 Å². The van der Waals surface area contributed by atoms with E-state index in [1.165, 1.54) is 6.92 Å². The van der Waals surface area contributed by atoms with E-state index in [0.717, 1.165) is 6.54 Å². The Hall–Kier alpha value is -0.750. The van der Waals surface area contributed by atoms with Gasteiger partial charge in [-0.05, 0) is 20.4 Å². The summed E-state index contributed by atoms with van der Waals surface area (Å²) in [5, 5.41) is 10.5. The van der Waals surface area contributed by atoms with Crippen LogP contribution in [-0.4, -0.2) is 54.4 Å². The predicted octanol–water partition coefficient (Wildman–Crippen LogP) is 1.10. The number of nitrogens with zero attached hydrogens (tertiary/aromatic N) is 2. The SMILES string of the molecule is CC(OC1CCN(C)CC1F)[C@H](C)[N+](=O)[O-]. The zero-order valence-electron chi connectivity index (χ0n) is 9.93. The average Bonchev–Trinajstić information content (AvgIpc) is 2.20. The summed E-state index contributed by atoms with van der Waals surface area (Å²) in [4.78, 5) is 12.0. The van der Waals surface area contributed by atoms with E-state index in [9.17, 15) is 14.5 Å². The predicted molar refractivity (Wildman–Crippen MR) is 57.8 cm³/mol. The summed E-state index contributed by atoms with van der Waals surface area (Å²) in [7, 11) is 1.85. The van der Waals surface area contributed by atoms with Gasteiger partial charge in [0.25, 0.3) is 0 Å². The van der Waals surface area contributed by atoms with Crippen molar-refractivity contribution in [2.45, 2.75) is 44.7 Å². The molecule has 1 rings (SSSR count). The zero-order chi connectivity index (χ0) is 12.3. The molecule has 4 atom stereocenters. The molecule has 0 radical (unpaired) electrons. The molecule has 1 fully saturated rings. The normalized spacial score (nSPS) is 31.0. The van der Waals surface area contributed by atoms with Gasteiger partial charge in [-0.3, -0.25) is 10.1 Å². The van der Waals surface area contributed by atoms with Crippen LogP contribution in [0, 0.1) is 10.1 Å². The number of hydrogen-bond donors (Lipinski definition) is 0. The number of likely N-dealkylation sites (tertiary alicyclic amines) is 1. The van der Waals surface area contributed by atoms with Crippen molar-refractivity contribution < 1.29 is 14.1 Å². The van der Waals surface area contributed by atoms with Gasteiger partial charge in [-0.25, -0.2) is 4.39 Å². The molecule has 1 saturated heterocycles. The van der Waals surface area contributed by atoms with Crippen LogP contribution in [0.4, 0.5) is 4.39 Å². The van der Waals surface area contributed by atoms with Crippen LogP contribution in [0.15, 0.2) is 0 Å². The third kappa shape index (κ3) is 3.38. The number of piperidine rings is 1. The molecule has 0 saturated carbocycles. The van der Waals surface area contributed by atoms with Crippen molar-refractivity contribution in [2.75, 3.05) is 20.1 Å². The third-order valence-corrected chi connectivity index (χ3v) is 3.09. The smallest absolute Gasteiger partial charge is 0.235 e. The van der Waals surface area contributed by atoms with Crippen LogP contribution in [0.3, 0.4) is 0 Å². The molecule has 6 heteroatoms. The molecular formula is C10H19FN2O3. The molecule has 0 aromatic rings. The Balaban J connectivity index is 2.44. The Labute approximate surface area is 94.7 Å². The minimum atomic E-state index is -1.06. The third-order valence-electron chi connectivity index (χ3n) is 3.09. The van der Waals surface area contributed by atoms with Gasteiger partial charge in [0, 0.05) is 24.9 Å². The van der Waals surface area contributed by atoms with Crippen molar-refractivity contribution in [1.29, 1.82) is 0 Å². The first-order valence-electron chi connectivity index (χ1n) is 5.53. The van der Waals surface area contributed by atoms with Crippen molar-refractivity contribution in [2.24, 2.45) is 0 Å². The molecule has 3 unspecified atom stereocenters. The highest BCUT2D eigenvalue weighted by atomic mass is 19.1. The molecule has 1 aliphatic rings. The van der Waals surface area contributed by atoms with Gasteiger partial charge >= 0.3 is 0 Å². The lowest BCUT2D eigenvalue weighted by atomic mass is 10.1. The molecule has 1 heterocycles. The largest absolute Gasteiger partial charge is 0.365 e. The first kappa shape index (κ1) is 13.3. The van der Waals surface area contributed by atoms with Crippen LogP contribution >= 0.6 is 0 Å². The maximum atomic E-state index is 13.6. The molecule has 0 aromatic heterocycles. The molecule has 0 spiro atoms. The second-order valence-corrected chi connectivity index (χ2v) is 4.47. The van der Waals surface area contributed by atoms with Crippen molar-refractivity contribution >= 4 is 0 Å². The lowest BCUT2D eigenvalue weighted by molar-refractivity contribution is -0.531. The van der Waals surface area contributed by atoms with Crippen LogP contribution in [0.2, 0.25) is 0 Å². The van der Waals surface area contributed by atoms with Gasteiger partial charge in [-0.15, -0.1) is 0 Å². The topological polar surface area (TPSA) is 55.6 Å². The van der Waals surface area contributed by atoms with Crippen LogP contribution < -0.4 is 0 Å². The highest BCUT2D eigenvalue weighted by Crippen LogP contribution is 2.19. The van der Waals surface area contributed by atoms with Gasteiger partial charge < -0.3 is 9.64 Å². The molecule has 0 amide bonds. The standard InChI is InChI=1S/C10H19FN2O3/c1-7(13(14)15)8(2)16-10-4-5-12(3)6-9(10)11/h7-10H,4-6H2,1-3H3/t7-,8?,9?,10?/m0/s1. The van der Waals surface area contributed by atoms with Crippen LogP contribution in [-0.2, 0) is 4.74 Å². The summed E-state index contributed by atoms with van der Waals surface area (Å²) in [5.41, 5.74) is 0. The first-order chi connectivity index (χ1) is 7.41. The van der Waals surface area contributed by atoms with Gasteiger partial charge in [-0.1, -0.05) is 0 Å². The summed E-state index contributed by atoms with van der Waals surface area (Å²) in [6.07, 6.45) is -1.53. The molecule has 0 aliphatic carbocycles. The lowest BCUT2D eigenvalue weighted by Crippen LogP contribution is -2.46. The maximum Gasteiger partial charge on any atom is 0.235 e. The Morgan fingerprint density at radius 1 is 1.56 bits per heavy atom. The Morgan fingerprint density at radius 3 is 2.69 bits per heavy atom. The Morgan fingerprint density at radius 2 is 2.19 bits per heavy atom. The quantitative estimate of drug-likeness (QED) is 0.540. The lowest BCUT2D eigenvalue weighted by Gasteiger charge is -2.33. The summed E-state index contributed by atoms with van der Waals surface area (Å²) >= 11 is 0. The molecular weight excluding hydrogens is 215 g/mol. The van der Waals surface area contributed by atoms with Gasteiger partial charge in [0.1, 0.15) is 12.3 Å². The van der Waals surface area contributed by atoms with Crippen molar-refractivity contribution in [3.63, 3.8) is 0 Å². The van der Waals surface area contributed by atoms with E-state index in [0.29, 0.717) is 13.0 Å². The molecule has 0 N–H and O–H groups in total. The maximum absolute atomic E-state index is 13.6. The molecule has 0 aromatic carbocycles. The van der Waals surface area contributed by atoms with Crippen molar-refractivity contribution in [3.05, 3.63) is 10.1 Å². The minimum Gasteiger partial charge on any atom is -0.365 e. The fourth-order valence-corrected chi connectivity index (χ4v) is 1.75. The number of halogens is 1. The Bertz CT molecular complexity index is 252. The number of alkyl halides is 1. The number of hydrogen-bond acceptors (Lipinski definition) is 4. The van der Waals surface area contributed by atoms with Crippen LogP contribution in [0.5, 0.6) is 0 Å². The van der Waals surface area contributed by atoms with E-state index in [1.54, 1.807) is 6.92 Å². The fraction of sp³-hybridized carbons (Fsp3) is 1.00. The van der Waals surface area contributed by atoms with E-state index < -0.39 is 29.3 Å². The molecule has 0 bridgehead atoms. The second kappa shape index (κ2) is 5.54. The van der Waals surface area contributed by atoms with E-state index in [2.05, 4.69) is 0 Å². The summed E-state index contributed by atoms with van der Waals surface area (Å²) in [5.74, 6) is 0. The van der Waals surface area contributed by atoms with Gasteiger partial charge in [0.15, 0.2) is 0 Å². The van der Waals surface area contributed by atoms with Crippen molar-refractivity contribution in [1.82, 2.24) is 4.90 Å². The summed E-state index contributed by atoms with van der Waals surface area (Å²) < 4.78 is 19.0. The Kier molecular flexibility index (Phi) is 4.61. The molecule has 5 nitrogen and oxygen atoms in total. The van der Waals surface area contributed by atoms with Crippen LogP contribution in [0.1, 0.15) is 20.3 Å². The van der Waals surface area contributed by atoms with Gasteiger partial charge in [0.05, 0.1) is 6.10 Å². The number of rotatable bonds is 4. The first-order valence-corrected chi connectivity index (χ1v) is 5.53. The average molecular weight is 234 g/mol. The van der Waals surface area contributed by atoms with Gasteiger partial charge in [-0.2, -0.15) is 0 Å². The summed E-state index contributed by atoms with van der Waals surface area (Å²) in [6.45, 7) is 4.21. The fourth-order valence-electron chi connectivity index (χ4n) is 1.75. The monoisotopic (exact) mass is 234 g/mol. The van der Waals surface area contributed by atoms with E-state index in [-0.39, 0.29) is 0 Å². The molecule has 16 heavy (non-hydrogen) atoms.